The van der Waals surface area contributed by atoms with E-state index < -0.39 is 19.9 Å². The van der Waals surface area contributed by atoms with E-state index in [1.807, 2.05) is 20.8 Å². The quantitative estimate of drug-likeness (QED) is 0.194. The molecule has 0 saturated heterocycles. The van der Waals surface area contributed by atoms with Crippen molar-refractivity contribution in [1.29, 1.82) is 0 Å². The zero-order chi connectivity index (χ0) is 19.0. The maximum Gasteiger partial charge on any atom is 0.384 e. The van der Waals surface area contributed by atoms with Gasteiger partial charge in [0.2, 0.25) is 0 Å². The van der Waals surface area contributed by atoms with Crippen LogP contribution in [0.3, 0.4) is 0 Å². The van der Waals surface area contributed by atoms with Crippen LogP contribution in [0.4, 0.5) is 0 Å². The molecule has 0 rings (SSSR count). The Morgan fingerprint density at radius 1 is 1.04 bits per heavy atom. The smallest absolute Gasteiger partial charge is 0.384 e. The van der Waals surface area contributed by atoms with Crippen LogP contribution in [0.2, 0.25) is 18.1 Å². The Labute approximate surface area is 151 Å². The van der Waals surface area contributed by atoms with Crippen LogP contribution in [0.15, 0.2) is 0 Å². The van der Waals surface area contributed by atoms with Crippen LogP contribution >= 0.6 is 0 Å². The molecular formula is C20H38O3Si. The standard InChI is InChI=1S/C20H38O3Si/c1-17(23-24(8,9)20(5,6)7)15-13-11-10-12-14-16-18(21)22-19(2,3)4/h17H,10-13,15H2,1-9H3. The lowest BCUT2D eigenvalue weighted by Crippen LogP contribution is -2.43. The van der Waals surface area contributed by atoms with Crippen LogP contribution < -0.4 is 0 Å². The summed E-state index contributed by atoms with van der Waals surface area (Å²) in [7, 11) is -1.66. The molecule has 3 nitrogen and oxygen atoms in total. The molecule has 1 atom stereocenters. The van der Waals surface area contributed by atoms with Crippen molar-refractivity contribution in [2.24, 2.45) is 0 Å². The predicted molar refractivity (Wildman–Crippen MR) is 104 cm³/mol. The first-order valence-electron chi connectivity index (χ1n) is 9.14. The maximum atomic E-state index is 11.4. The number of hydrogen-bond donors (Lipinski definition) is 0. The first kappa shape index (κ1) is 23.2. The summed E-state index contributed by atoms with van der Waals surface area (Å²) in [6, 6.07) is 0. The molecule has 0 heterocycles. The molecule has 0 radical (unpaired) electrons. The molecule has 4 heteroatoms. The van der Waals surface area contributed by atoms with Crippen molar-refractivity contribution in [2.45, 2.75) is 110 Å². The van der Waals surface area contributed by atoms with E-state index in [-0.39, 0.29) is 5.04 Å². The van der Waals surface area contributed by atoms with Gasteiger partial charge in [-0.1, -0.05) is 39.5 Å². The third kappa shape index (κ3) is 10.9. The minimum Gasteiger partial charge on any atom is -0.450 e. The number of carbonyl (C=O) groups is 1. The second kappa shape index (κ2) is 9.63. The molecule has 140 valence electrons. The van der Waals surface area contributed by atoms with Gasteiger partial charge in [0.25, 0.3) is 0 Å². The highest BCUT2D eigenvalue weighted by Crippen LogP contribution is 2.37. The Hall–Kier alpha value is -0.793. The van der Waals surface area contributed by atoms with E-state index in [0.29, 0.717) is 6.10 Å². The van der Waals surface area contributed by atoms with Crippen molar-refractivity contribution >= 4 is 14.3 Å². The van der Waals surface area contributed by atoms with Gasteiger partial charge in [0.05, 0.1) is 0 Å². The van der Waals surface area contributed by atoms with Gasteiger partial charge in [0.15, 0.2) is 8.32 Å². The molecule has 0 aromatic carbocycles. The van der Waals surface area contributed by atoms with E-state index >= 15 is 0 Å². The van der Waals surface area contributed by atoms with E-state index in [4.69, 9.17) is 9.16 Å². The van der Waals surface area contributed by atoms with Crippen LogP contribution in [0, 0.1) is 11.8 Å². The van der Waals surface area contributed by atoms with Crippen molar-refractivity contribution < 1.29 is 14.0 Å². The Balaban J connectivity index is 3.91. The molecule has 0 N–H and O–H groups in total. The van der Waals surface area contributed by atoms with E-state index in [1.54, 1.807) is 0 Å². The largest absolute Gasteiger partial charge is 0.450 e. The first-order chi connectivity index (χ1) is 10.7. The van der Waals surface area contributed by atoms with Crippen LogP contribution in [-0.4, -0.2) is 26.0 Å². The maximum absolute atomic E-state index is 11.4. The van der Waals surface area contributed by atoms with Gasteiger partial charge in [-0.25, -0.2) is 4.79 Å². The zero-order valence-corrected chi connectivity index (χ0v) is 18.3. The van der Waals surface area contributed by atoms with Crippen molar-refractivity contribution in [1.82, 2.24) is 0 Å². The van der Waals surface area contributed by atoms with E-state index in [9.17, 15) is 4.79 Å². The summed E-state index contributed by atoms with van der Waals surface area (Å²) in [6.45, 7) is 19.1. The van der Waals surface area contributed by atoms with Crippen molar-refractivity contribution in [3.63, 3.8) is 0 Å². The molecule has 0 saturated carbocycles. The Morgan fingerprint density at radius 3 is 2.12 bits per heavy atom. The number of ether oxygens (including phenoxy) is 1. The van der Waals surface area contributed by atoms with Gasteiger partial charge in [0, 0.05) is 18.4 Å². The molecule has 0 bridgehead atoms. The second-order valence-corrected chi connectivity index (χ2v) is 13.8. The summed E-state index contributed by atoms with van der Waals surface area (Å²) in [4.78, 5) is 11.4. The summed E-state index contributed by atoms with van der Waals surface area (Å²) in [5.41, 5.74) is -0.466. The highest BCUT2D eigenvalue weighted by molar-refractivity contribution is 6.74. The summed E-state index contributed by atoms with van der Waals surface area (Å²) in [5.74, 6) is 5.03. The fourth-order valence-electron chi connectivity index (χ4n) is 2.00. The molecule has 1 unspecified atom stereocenters. The molecule has 0 spiro atoms. The van der Waals surface area contributed by atoms with Crippen molar-refractivity contribution in [2.75, 3.05) is 0 Å². The fourth-order valence-corrected chi connectivity index (χ4v) is 3.48. The van der Waals surface area contributed by atoms with Gasteiger partial charge in [-0.2, -0.15) is 0 Å². The summed E-state index contributed by atoms with van der Waals surface area (Å²) in [6.07, 6.45) is 5.43. The normalized spacial score (nSPS) is 13.9. The van der Waals surface area contributed by atoms with Gasteiger partial charge in [0.1, 0.15) is 5.60 Å². The van der Waals surface area contributed by atoms with Gasteiger partial charge in [-0.05, 0) is 58.7 Å². The molecule has 0 aromatic heterocycles. The minimum atomic E-state index is -1.66. The van der Waals surface area contributed by atoms with Crippen LogP contribution in [0.25, 0.3) is 0 Å². The van der Waals surface area contributed by atoms with Crippen LogP contribution in [0.1, 0.15) is 80.6 Å². The lowest BCUT2D eigenvalue weighted by atomic mass is 10.1. The van der Waals surface area contributed by atoms with Gasteiger partial charge < -0.3 is 9.16 Å². The number of rotatable bonds is 7. The topological polar surface area (TPSA) is 35.5 Å². The highest BCUT2D eigenvalue weighted by atomic mass is 28.4. The summed E-state index contributed by atoms with van der Waals surface area (Å²) >= 11 is 0. The average molecular weight is 355 g/mol. The van der Waals surface area contributed by atoms with E-state index in [2.05, 4.69) is 52.6 Å². The minimum absolute atomic E-state index is 0.262. The molecule has 0 aliphatic heterocycles. The molecular weight excluding hydrogens is 316 g/mol. The SMILES string of the molecule is CC(CCCCCC#CC(=O)OC(C)(C)C)O[Si](C)(C)C(C)(C)C. The lowest BCUT2D eigenvalue weighted by Gasteiger charge is -2.38. The van der Waals surface area contributed by atoms with Crippen LogP contribution in [-0.2, 0) is 14.0 Å². The van der Waals surface area contributed by atoms with Crippen molar-refractivity contribution in [3.8, 4) is 11.8 Å². The fraction of sp³-hybridized carbons (Fsp3) is 0.850. The van der Waals surface area contributed by atoms with Gasteiger partial charge in [-0.3, -0.25) is 0 Å². The molecule has 24 heavy (non-hydrogen) atoms. The van der Waals surface area contributed by atoms with Gasteiger partial charge >= 0.3 is 5.97 Å². The third-order valence-electron chi connectivity index (χ3n) is 4.30. The molecule has 0 amide bonds. The lowest BCUT2D eigenvalue weighted by molar-refractivity contribution is -0.147. The summed E-state index contributed by atoms with van der Waals surface area (Å²) < 4.78 is 11.5. The monoisotopic (exact) mass is 354 g/mol. The zero-order valence-electron chi connectivity index (χ0n) is 17.3. The number of unbranched alkanes of at least 4 members (excludes halogenated alkanes) is 3. The average Bonchev–Trinajstić information content (AvgIpc) is 2.33. The molecule has 0 fully saturated rings. The third-order valence-corrected chi connectivity index (χ3v) is 8.91. The number of carbonyl (C=O) groups excluding carboxylic acids is 1. The van der Waals surface area contributed by atoms with E-state index in [1.165, 1.54) is 0 Å². The molecule has 0 aromatic rings. The van der Waals surface area contributed by atoms with Crippen molar-refractivity contribution in [3.05, 3.63) is 0 Å². The molecule has 0 aliphatic rings. The first-order valence-corrected chi connectivity index (χ1v) is 12.0. The number of esters is 1. The Kier molecular flexibility index (Phi) is 9.31. The number of hydrogen-bond acceptors (Lipinski definition) is 3. The second-order valence-electron chi connectivity index (χ2n) is 9.09. The summed E-state index contributed by atoms with van der Waals surface area (Å²) in [5, 5.41) is 0.262. The van der Waals surface area contributed by atoms with E-state index in [0.717, 1.165) is 32.1 Å². The van der Waals surface area contributed by atoms with Crippen LogP contribution in [0.5, 0.6) is 0 Å². The predicted octanol–water partition coefficient (Wildman–Crippen LogP) is 5.69. The van der Waals surface area contributed by atoms with Gasteiger partial charge in [-0.15, -0.1) is 0 Å². The molecule has 0 aliphatic carbocycles. The Bertz CT molecular complexity index is 444. The highest BCUT2D eigenvalue weighted by Gasteiger charge is 2.38. The Morgan fingerprint density at radius 2 is 1.62 bits per heavy atom.